The van der Waals surface area contributed by atoms with Gasteiger partial charge in [0.1, 0.15) is 5.76 Å². The molecule has 0 aliphatic rings. The molecule has 5 nitrogen and oxygen atoms in total. The lowest BCUT2D eigenvalue weighted by Crippen LogP contribution is -2.52. The van der Waals surface area contributed by atoms with Crippen molar-refractivity contribution in [2.45, 2.75) is 59.9 Å². The Bertz CT molecular complexity index is 466. The van der Waals surface area contributed by atoms with Crippen molar-refractivity contribution in [3.05, 3.63) is 17.0 Å². The number of aromatic nitrogens is 1. The van der Waals surface area contributed by atoms with E-state index in [2.05, 4.69) is 43.1 Å². The van der Waals surface area contributed by atoms with Gasteiger partial charge in [-0.05, 0) is 40.3 Å². The Hall–Kier alpha value is -1.36. The second-order valence-corrected chi connectivity index (χ2v) is 6.01. The third kappa shape index (κ3) is 4.30. The highest BCUT2D eigenvalue weighted by atomic mass is 16.5. The van der Waals surface area contributed by atoms with Crippen molar-refractivity contribution >= 4 is 5.91 Å². The van der Waals surface area contributed by atoms with Crippen LogP contribution in [0.1, 0.15) is 62.9 Å². The Morgan fingerprint density at radius 1 is 1.33 bits per heavy atom. The first-order chi connectivity index (χ1) is 9.87. The van der Waals surface area contributed by atoms with E-state index in [-0.39, 0.29) is 11.4 Å². The number of hydrogen-bond donors (Lipinski definition) is 1. The van der Waals surface area contributed by atoms with Crippen LogP contribution < -0.4 is 5.32 Å². The SMILES string of the molecule is CCCN(CC)C(C)(C)CNC(=O)c1noc(CC)c1C. The van der Waals surface area contributed by atoms with E-state index in [9.17, 15) is 4.79 Å². The normalized spacial score (nSPS) is 12.0. The van der Waals surface area contributed by atoms with E-state index >= 15 is 0 Å². The van der Waals surface area contributed by atoms with Crippen molar-refractivity contribution < 1.29 is 9.32 Å². The molecule has 0 atom stereocenters. The van der Waals surface area contributed by atoms with Gasteiger partial charge in [0.25, 0.3) is 5.91 Å². The van der Waals surface area contributed by atoms with Gasteiger partial charge in [0, 0.05) is 24.1 Å². The van der Waals surface area contributed by atoms with Crippen molar-refractivity contribution in [2.24, 2.45) is 0 Å². The van der Waals surface area contributed by atoms with Crippen molar-refractivity contribution in [1.82, 2.24) is 15.4 Å². The molecule has 0 saturated carbocycles. The summed E-state index contributed by atoms with van der Waals surface area (Å²) in [7, 11) is 0. The zero-order valence-corrected chi connectivity index (χ0v) is 14.2. The highest BCUT2D eigenvalue weighted by Gasteiger charge is 2.26. The van der Waals surface area contributed by atoms with E-state index in [0.717, 1.165) is 37.3 Å². The number of nitrogens with one attached hydrogen (secondary N) is 1. The number of carbonyl (C=O) groups is 1. The van der Waals surface area contributed by atoms with Gasteiger partial charge in [-0.25, -0.2) is 0 Å². The molecule has 1 aromatic rings. The summed E-state index contributed by atoms with van der Waals surface area (Å²) in [5, 5.41) is 6.88. The first kappa shape index (κ1) is 17.7. The van der Waals surface area contributed by atoms with Gasteiger partial charge in [-0.15, -0.1) is 0 Å². The van der Waals surface area contributed by atoms with E-state index in [1.807, 2.05) is 13.8 Å². The quantitative estimate of drug-likeness (QED) is 0.801. The minimum Gasteiger partial charge on any atom is -0.360 e. The maximum Gasteiger partial charge on any atom is 0.273 e. The topological polar surface area (TPSA) is 58.4 Å². The second-order valence-electron chi connectivity index (χ2n) is 6.01. The van der Waals surface area contributed by atoms with E-state index in [1.165, 1.54) is 0 Å². The molecule has 1 heterocycles. The molecule has 1 N–H and O–H groups in total. The van der Waals surface area contributed by atoms with Crippen LogP contribution in [0.15, 0.2) is 4.52 Å². The molecule has 0 fully saturated rings. The average molecular weight is 295 g/mol. The zero-order valence-electron chi connectivity index (χ0n) is 14.2. The predicted molar refractivity (Wildman–Crippen MR) is 84.6 cm³/mol. The Labute approximate surface area is 128 Å². The molecule has 120 valence electrons. The molecular weight excluding hydrogens is 266 g/mol. The number of likely N-dealkylation sites (N-methyl/N-ethyl adjacent to an activating group) is 1. The summed E-state index contributed by atoms with van der Waals surface area (Å²) in [5.74, 6) is 0.622. The molecule has 1 rings (SSSR count). The maximum absolute atomic E-state index is 12.3. The summed E-state index contributed by atoms with van der Waals surface area (Å²) >= 11 is 0. The van der Waals surface area contributed by atoms with Gasteiger partial charge in [0.2, 0.25) is 0 Å². The van der Waals surface area contributed by atoms with Gasteiger partial charge in [-0.3, -0.25) is 9.69 Å². The molecule has 1 aromatic heterocycles. The van der Waals surface area contributed by atoms with Crippen molar-refractivity contribution in [3.63, 3.8) is 0 Å². The fourth-order valence-corrected chi connectivity index (χ4v) is 2.56. The largest absolute Gasteiger partial charge is 0.360 e. The van der Waals surface area contributed by atoms with Crippen LogP contribution in [0.4, 0.5) is 0 Å². The Kier molecular flexibility index (Phi) is 6.40. The number of hydrogen-bond acceptors (Lipinski definition) is 4. The standard InChI is InChI=1S/C16H29N3O2/c1-7-10-19(9-3)16(5,6)11-17-15(20)14-12(4)13(8-2)21-18-14/h7-11H2,1-6H3,(H,17,20). The van der Waals surface area contributed by atoms with Gasteiger partial charge < -0.3 is 9.84 Å². The summed E-state index contributed by atoms with van der Waals surface area (Å²) in [4.78, 5) is 14.6. The van der Waals surface area contributed by atoms with Crippen molar-refractivity contribution in [1.29, 1.82) is 0 Å². The van der Waals surface area contributed by atoms with Gasteiger partial charge in [0.05, 0.1) is 0 Å². The van der Waals surface area contributed by atoms with Crippen LogP contribution in [-0.4, -0.2) is 41.1 Å². The van der Waals surface area contributed by atoms with E-state index in [4.69, 9.17) is 4.52 Å². The van der Waals surface area contributed by atoms with Crippen molar-refractivity contribution in [3.8, 4) is 0 Å². The average Bonchev–Trinajstić information content (AvgIpc) is 2.83. The molecule has 1 amide bonds. The zero-order chi connectivity index (χ0) is 16.0. The Morgan fingerprint density at radius 3 is 2.48 bits per heavy atom. The van der Waals surface area contributed by atoms with Gasteiger partial charge in [-0.2, -0.15) is 0 Å². The maximum atomic E-state index is 12.3. The van der Waals surface area contributed by atoms with E-state index < -0.39 is 0 Å². The fraction of sp³-hybridized carbons (Fsp3) is 0.750. The minimum absolute atomic E-state index is 0.0777. The molecule has 0 bridgehead atoms. The van der Waals surface area contributed by atoms with Crippen LogP contribution in [0.5, 0.6) is 0 Å². The summed E-state index contributed by atoms with van der Waals surface area (Å²) in [6.45, 7) is 15.1. The van der Waals surface area contributed by atoms with Gasteiger partial charge >= 0.3 is 0 Å². The third-order valence-corrected chi connectivity index (χ3v) is 3.97. The summed E-state index contributed by atoms with van der Waals surface area (Å²) < 4.78 is 5.18. The van der Waals surface area contributed by atoms with Crippen LogP contribution in [0.25, 0.3) is 0 Å². The van der Waals surface area contributed by atoms with Gasteiger partial charge in [-0.1, -0.05) is 25.9 Å². The van der Waals surface area contributed by atoms with Crippen molar-refractivity contribution in [2.75, 3.05) is 19.6 Å². The van der Waals surface area contributed by atoms with Crippen LogP contribution in [0, 0.1) is 6.92 Å². The van der Waals surface area contributed by atoms with Crippen LogP contribution in [0.2, 0.25) is 0 Å². The number of rotatable bonds is 8. The minimum atomic E-state index is -0.156. The Balaban J connectivity index is 2.68. The molecule has 0 radical (unpaired) electrons. The summed E-state index contributed by atoms with van der Waals surface area (Å²) in [6.07, 6.45) is 1.85. The second kappa shape index (κ2) is 7.59. The molecule has 0 aliphatic heterocycles. The summed E-state index contributed by atoms with van der Waals surface area (Å²) in [6, 6.07) is 0. The molecule has 0 aliphatic carbocycles. The Morgan fingerprint density at radius 2 is 2.00 bits per heavy atom. The smallest absolute Gasteiger partial charge is 0.273 e. The molecular formula is C16H29N3O2. The van der Waals surface area contributed by atoms with Crippen LogP contribution >= 0.6 is 0 Å². The lowest BCUT2D eigenvalue weighted by Gasteiger charge is -2.37. The molecule has 0 saturated heterocycles. The molecule has 5 heteroatoms. The highest BCUT2D eigenvalue weighted by Crippen LogP contribution is 2.16. The molecule has 0 unspecified atom stereocenters. The fourth-order valence-electron chi connectivity index (χ4n) is 2.56. The first-order valence-electron chi connectivity index (χ1n) is 7.85. The molecule has 0 aromatic carbocycles. The number of nitrogens with zero attached hydrogens (tertiary/aromatic N) is 2. The predicted octanol–water partition coefficient (Wildman–Crippen LogP) is 2.79. The van der Waals surface area contributed by atoms with E-state index in [0.29, 0.717) is 12.2 Å². The van der Waals surface area contributed by atoms with Crippen LogP contribution in [0.3, 0.4) is 0 Å². The number of carbonyl (C=O) groups excluding carboxylic acids is 1. The molecule has 0 spiro atoms. The van der Waals surface area contributed by atoms with E-state index in [1.54, 1.807) is 0 Å². The lowest BCUT2D eigenvalue weighted by atomic mass is 10.0. The first-order valence-corrected chi connectivity index (χ1v) is 7.85. The molecule has 21 heavy (non-hydrogen) atoms. The lowest BCUT2D eigenvalue weighted by molar-refractivity contribution is 0.0867. The highest BCUT2D eigenvalue weighted by molar-refractivity contribution is 5.93. The number of aryl methyl sites for hydroxylation is 1. The van der Waals surface area contributed by atoms with Crippen LogP contribution in [-0.2, 0) is 6.42 Å². The number of amides is 1. The third-order valence-electron chi connectivity index (χ3n) is 3.97. The van der Waals surface area contributed by atoms with Gasteiger partial charge in [0.15, 0.2) is 5.69 Å². The summed E-state index contributed by atoms with van der Waals surface area (Å²) in [5.41, 5.74) is 1.17. The monoisotopic (exact) mass is 295 g/mol.